The van der Waals surface area contributed by atoms with Crippen molar-refractivity contribution in [2.24, 2.45) is 0 Å². The van der Waals surface area contributed by atoms with Crippen LogP contribution >= 0.6 is 0 Å². The van der Waals surface area contributed by atoms with E-state index in [9.17, 15) is 4.79 Å². The number of hydrogen-bond donors (Lipinski definition) is 1. The molecule has 1 aromatic heterocycles. The van der Waals surface area contributed by atoms with Gasteiger partial charge in [-0.05, 0) is 13.5 Å². The van der Waals surface area contributed by atoms with Crippen LogP contribution in [0, 0.1) is 0 Å². The summed E-state index contributed by atoms with van der Waals surface area (Å²) in [4.78, 5) is 13.0. The van der Waals surface area contributed by atoms with Crippen molar-refractivity contribution < 1.29 is 9.90 Å². The van der Waals surface area contributed by atoms with Crippen molar-refractivity contribution in [1.29, 1.82) is 0 Å². The van der Waals surface area contributed by atoms with Gasteiger partial charge in [-0.1, -0.05) is 13.3 Å². The molecule has 18 heavy (non-hydrogen) atoms. The summed E-state index contributed by atoms with van der Waals surface area (Å²) in [5, 5.41) is 13.4. The lowest BCUT2D eigenvalue weighted by molar-refractivity contribution is -0.137. The van der Waals surface area contributed by atoms with Gasteiger partial charge in [-0.15, -0.1) is 0 Å². The van der Waals surface area contributed by atoms with Gasteiger partial charge in [0.1, 0.15) is 0 Å². The summed E-state index contributed by atoms with van der Waals surface area (Å²) in [6.45, 7) is 4.61. The van der Waals surface area contributed by atoms with Gasteiger partial charge in [0, 0.05) is 30.8 Å². The minimum absolute atomic E-state index is 0.148. The van der Waals surface area contributed by atoms with E-state index in [4.69, 9.17) is 5.11 Å². The molecule has 1 N–H and O–H groups in total. The van der Waals surface area contributed by atoms with E-state index in [1.807, 2.05) is 4.68 Å². The van der Waals surface area contributed by atoms with Crippen LogP contribution in [0.25, 0.3) is 0 Å². The molecule has 1 aliphatic rings. The first-order valence-electron chi connectivity index (χ1n) is 6.59. The van der Waals surface area contributed by atoms with E-state index in [1.165, 1.54) is 11.3 Å². The Hall–Kier alpha value is -1.36. The van der Waals surface area contributed by atoms with Crippen molar-refractivity contribution in [3.63, 3.8) is 0 Å². The van der Waals surface area contributed by atoms with E-state index in [2.05, 4.69) is 24.0 Å². The smallest absolute Gasteiger partial charge is 0.305 e. The van der Waals surface area contributed by atoms with Crippen molar-refractivity contribution in [3.05, 3.63) is 17.0 Å². The summed E-state index contributed by atoms with van der Waals surface area (Å²) >= 11 is 0. The molecule has 0 aromatic carbocycles. The number of carbonyl (C=O) groups is 1. The van der Waals surface area contributed by atoms with Crippen molar-refractivity contribution in [3.8, 4) is 0 Å². The maximum Gasteiger partial charge on any atom is 0.305 e. The summed E-state index contributed by atoms with van der Waals surface area (Å²) in [5.74, 6) is -0.760. The Morgan fingerprint density at radius 3 is 2.94 bits per heavy atom. The van der Waals surface area contributed by atoms with Gasteiger partial charge in [0.05, 0.1) is 18.7 Å². The zero-order chi connectivity index (χ0) is 13.1. The molecule has 0 amide bonds. The number of hydrogen-bond acceptors (Lipinski definition) is 3. The molecule has 0 unspecified atom stereocenters. The number of fused-ring (bicyclic) bond motifs is 1. The van der Waals surface area contributed by atoms with Crippen LogP contribution in [0.5, 0.6) is 0 Å². The molecule has 0 atom stereocenters. The first-order chi connectivity index (χ1) is 8.61. The second-order valence-corrected chi connectivity index (χ2v) is 4.98. The van der Waals surface area contributed by atoms with Crippen LogP contribution in [0.3, 0.4) is 0 Å². The molecule has 1 aromatic rings. The predicted octanol–water partition coefficient (Wildman–Crippen LogP) is 1.30. The highest BCUT2D eigenvalue weighted by molar-refractivity contribution is 5.66. The Labute approximate surface area is 107 Å². The van der Waals surface area contributed by atoms with Gasteiger partial charge >= 0.3 is 5.97 Å². The first kappa shape index (κ1) is 13.1. The predicted molar refractivity (Wildman–Crippen MR) is 68.5 cm³/mol. The molecule has 0 saturated heterocycles. The van der Waals surface area contributed by atoms with Gasteiger partial charge in [-0.25, -0.2) is 0 Å². The van der Waals surface area contributed by atoms with Gasteiger partial charge in [-0.3, -0.25) is 9.48 Å². The maximum absolute atomic E-state index is 10.7. The highest BCUT2D eigenvalue weighted by atomic mass is 16.4. The third-order valence-electron chi connectivity index (χ3n) is 3.43. The van der Waals surface area contributed by atoms with Crippen LogP contribution in [0.15, 0.2) is 0 Å². The molecule has 0 saturated carbocycles. The Balaban J connectivity index is 2.24. The van der Waals surface area contributed by atoms with E-state index in [0.29, 0.717) is 6.54 Å². The molecular formula is C13H21N3O2. The van der Waals surface area contributed by atoms with Crippen LogP contribution in [-0.2, 0) is 30.7 Å². The van der Waals surface area contributed by atoms with Gasteiger partial charge in [0.15, 0.2) is 0 Å². The Morgan fingerprint density at radius 1 is 1.50 bits per heavy atom. The number of carboxylic acid groups (broad SMARTS) is 1. The van der Waals surface area contributed by atoms with Crippen molar-refractivity contribution in [1.82, 2.24) is 14.7 Å². The van der Waals surface area contributed by atoms with Crippen molar-refractivity contribution >= 4 is 5.97 Å². The van der Waals surface area contributed by atoms with Gasteiger partial charge in [0.25, 0.3) is 0 Å². The lowest BCUT2D eigenvalue weighted by Gasteiger charge is -2.23. The Bertz CT molecular complexity index is 440. The highest BCUT2D eigenvalue weighted by Gasteiger charge is 2.22. The second-order valence-electron chi connectivity index (χ2n) is 4.98. The number of likely N-dealkylation sites (N-methyl/N-ethyl adjacent to an activating group) is 1. The van der Waals surface area contributed by atoms with E-state index in [1.54, 1.807) is 0 Å². The average Bonchev–Trinajstić information content (AvgIpc) is 2.65. The number of aliphatic carboxylic acids is 1. The highest BCUT2D eigenvalue weighted by Crippen LogP contribution is 2.23. The second kappa shape index (κ2) is 5.52. The van der Waals surface area contributed by atoms with Crippen LogP contribution in [0.2, 0.25) is 0 Å². The van der Waals surface area contributed by atoms with Crippen LogP contribution in [0.1, 0.15) is 36.7 Å². The van der Waals surface area contributed by atoms with E-state index < -0.39 is 5.97 Å². The minimum atomic E-state index is -0.760. The van der Waals surface area contributed by atoms with E-state index in [0.717, 1.165) is 38.0 Å². The number of carboxylic acids is 1. The quantitative estimate of drug-likeness (QED) is 0.857. The summed E-state index contributed by atoms with van der Waals surface area (Å²) in [6, 6.07) is 0. The van der Waals surface area contributed by atoms with Crippen molar-refractivity contribution in [2.45, 2.75) is 45.7 Å². The normalized spacial score (nSPS) is 15.7. The molecule has 0 aliphatic carbocycles. The van der Waals surface area contributed by atoms with Gasteiger partial charge < -0.3 is 10.0 Å². The molecular weight excluding hydrogens is 230 g/mol. The van der Waals surface area contributed by atoms with Gasteiger partial charge in [0.2, 0.25) is 0 Å². The molecule has 2 heterocycles. The topological polar surface area (TPSA) is 58.4 Å². The lowest BCUT2D eigenvalue weighted by atomic mass is 10.0. The third-order valence-corrected chi connectivity index (χ3v) is 3.43. The number of rotatable bonds is 5. The fourth-order valence-corrected chi connectivity index (χ4v) is 2.52. The third kappa shape index (κ3) is 2.72. The molecule has 0 fully saturated rings. The molecule has 100 valence electrons. The van der Waals surface area contributed by atoms with Crippen LogP contribution in [-0.4, -0.2) is 39.3 Å². The maximum atomic E-state index is 10.7. The Morgan fingerprint density at radius 2 is 2.28 bits per heavy atom. The summed E-state index contributed by atoms with van der Waals surface area (Å²) in [6.07, 6.45) is 3.18. The van der Waals surface area contributed by atoms with Gasteiger partial charge in [-0.2, -0.15) is 5.10 Å². The zero-order valence-corrected chi connectivity index (χ0v) is 11.1. The van der Waals surface area contributed by atoms with Crippen LogP contribution < -0.4 is 0 Å². The van der Waals surface area contributed by atoms with Crippen LogP contribution in [0.4, 0.5) is 0 Å². The number of nitrogens with zero attached hydrogens (tertiary/aromatic N) is 3. The van der Waals surface area contributed by atoms with Crippen molar-refractivity contribution in [2.75, 3.05) is 13.6 Å². The summed E-state index contributed by atoms with van der Waals surface area (Å²) in [7, 11) is 2.12. The molecule has 0 spiro atoms. The average molecular weight is 251 g/mol. The number of aromatic nitrogens is 2. The molecule has 1 aliphatic heterocycles. The zero-order valence-electron chi connectivity index (χ0n) is 11.1. The first-order valence-corrected chi connectivity index (χ1v) is 6.59. The Kier molecular flexibility index (Phi) is 4.01. The summed E-state index contributed by atoms with van der Waals surface area (Å²) < 4.78 is 1.92. The number of aryl methyl sites for hydroxylation is 2. The lowest BCUT2D eigenvalue weighted by Crippen LogP contribution is -2.28. The summed E-state index contributed by atoms with van der Waals surface area (Å²) in [5.41, 5.74) is 3.73. The molecule has 2 rings (SSSR count). The monoisotopic (exact) mass is 251 g/mol. The van der Waals surface area contributed by atoms with E-state index >= 15 is 0 Å². The van der Waals surface area contributed by atoms with E-state index in [-0.39, 0.29) is 6.42 Å². The largest absolute Gasteiger partial charge is 0.481 e. The molecule has 0 bridgehead atoms. The fourth-order valence-electron chi connectivity index (χ4n) is 2.52. The molecule has 0 radical (unpaired) electrons. The molecule has 5 heteroatoms. The standard InChI is InChI=1S/C13H21N3O2/c1-3-4-11-10-9-15(2)7-5-12(10)16(14-11)8-6-13(17)18/h3-9H2,1-2H3,(H,17,18). The molecule has 5 nitrogen and oxygen atoms in total. The SMILES string of the molecule is CCCc1nn(CCC(=O)O)c2c1CN(C)CC2. The fraction of sp³-hybridized carbons (Fsp3) is 0.692. The minimum Gasteiger partial charge on any atom is -0.481 e.